The van der Waals surface area contributed by atoms with Crippen LogP contribution >= 0.6 is 11.3 Å². The summed E-state index contributed by atoms with van der Waals surface area (Å²) in [6.45, 7) is 3.80. The van der Waals surface area contributed by atoms with Crippen LogP contribution in [0.25, 0.3) is 11.1 Å². The number of thiophene rings is 1. The number of methoxy groups -OCH3 is 1. The van der Waals surface area contributed by atoms with Crippen LogP contribution in [0, 0.1) is 6.92 Å². The fraction of sp³-hybridized carbons (Fsp3) is 0.421. The number of benzene rings is 1. The lowest BCUT2D eigenvalue weighted by Gasteiger charge is -2.20. The van der Waals surface area contributed by atoms with Crippen LogP contribution in [0.4, 0.5) is 0 Å². The van der Waals surface area contributed by atoms with Crippen molar-refractivity contribution in [3.63, 3.8) is 0 Å². The largest absolute Gasteiger partial charge is 0.497 e. The Morgan fingerprint density at radius 2 is 1.81 bits per heavy atom. The van der Waals surface area contributed by atoms with Gasteiger partial charge in [-0.25, -0.2) is 12.7 Å². The van der Waals surface area contributed by atoms with Gasteiger partial charge >= 0.3 is 0 Å². The summed E-state index contributed by atoms with van der Waals surface area (Å²) in [6.07, 6.45) is 1.86. The molecule has 0 spiro atoms. The highest BCUT2D eigenvalue weighted by Crippen LogP contribution is 2.32. The van der Waals surface area contributed by atoms with Crippen molar-refractivity contribution in [2.45, 2.75) is 13.3 Å². The Morgan fingerprint density at radius 3 is 2.44 bits per heavy atom. The minimum absolute atomic E-state index is 0.0294. The zero-order valence-electron chi connectivity index (χ0n) is 15.8. The first-order valence-corrected chi connectivity index (χ1v) is 11.5. The fourth-order valence-electron chi connectivity index (χ4n) is 3.23. The standard InChI is InChI=1S/C19H24N2O4S2/c1-14-17(15-5-7-16(25-2)8-6-15)13-18(26-14)19(22)20-9-4-10-21(12-11-20)27(3,23)24/h5-8,13H,4,9-12H2,1-3H3. The molecule has 0 aliphatic carbocycles. The second-order valence-corrected chi connectivity index (χ2v) is 9.86. The summed E-state index contributed by atoms with van der Waals surface area (Å²) in [5.41, 5.74) is 2.08. The molecule has 1 aromatic carbocycles. The second-order valence-electron chi connectivity index (χ2n) is 6.62. The average Bonchev–Trinajstić information content (AvgIpc) is 2.86. The molecule has 27 heavy (non-hydrogen) atoms. The maximum Gasteiger partial charge on any atom is 0.263 e. The van der Waals surface area contributed by atoms with Gasteiger partial charge in [-0.2, -0.15) is 0 Å². The highest BCUT2D eigenvalue weighted by atomic mass is 32.2. The van der Waals surface area contributed by atoms with Crippen molar-refractivity contribution >= 4 is 27.3 Å². The molecule has 0 unspecified atom stereocenters. The van der Waals surface area contributed by atoms with Gasteiger partial charge in [0.15, 0.2) is 0 Å². The summed E-state index contributed by atoms with van der Waals surface area (Å²) in [7, 11) is -1.59. The number of aryl methyl sites for hydroxylation is 1. The van der Waals surface area contributed by atoms with Gasteiger partial charge in [-0.1, -0.05) is 12.1 Å². The number of carbonyl (C=O) groups excluding carboxylic acids is 1. The quantitative estimate of drug-likeness (QED) is 0.780. The highest BCUT2D eigenvalue weighted by molar-refractivity contribution is 7.88. The van der Waals surface area contributed by atoms with Gasteiger partial charge in [0.25, 0.3) is 5.91 Å². The first kappa shape index (κ1) is 19.9. The first-order chi connectivity index (χ1) is 12.8. The van der Waals surface area contributed by atoms with Crippen molar-refractivity contribution in [2.75, 3.05) is 39.5 Å². The topological polar surface area (TPSA) is 66.9 Å². The maximum atomic E-state index is 13.0. The second kappa shape index (κ2) is 8.00. The number of carbonyl (C=O) groups is 1. The van der Waals surface area contributed by atoms with E-state index in [1.54, 1.807) is 12.0 Å². The molecule has 1 aromatic heterocycles. The molecule has 0 saturated carbocycles. The van der Waals surface area contributed by atoms with Gasteiger partial charge in [-0.05, 0) is 42.7 Å². The fourth-order valence-corrected chi connectivity index (χ4v) is 5.11. The zero-order chi connectivity index (χ0) is 19.6. The van der Waals surface area contributed by atoms with Crippen molar-refractivity contribution in [2.24, 2.45) is 0 Å². The van der Waals surface area contributed by atoms with E-state index in [2.05, 4.69) is 0 Å². The lowest BCUT2D eigenvalue weighted by molar-refractivity contribution is 0.0769. The number of hydrogen-bond acceptors (Lipinski definition) is 5. The van der Waals surface area contributed by atoms with Crippen LogP contribution in [0.5, 0.6) is 5.75 Å². The Morgan fingerprint density at radius 1 is 1.11 bits per heavy atom. The summed E-state index contributed by atoms with van der Waals surface area (Å²) < 4.78 is 30.1. The molecule has 0 bridgehead atoms. The Hall–Kier alpha value is -1.90. The predicted molar refractivity (Wildman–Crippen MR) is 108 cm³/mol. The van der Waals surface area contributed by atoms with E-state index in [9.17, 15) is 13.2 Å². The Labute approximate surface area is 164 Å². The molecule has 2 heterocycles. The number of rotatable bonds is 4. The summed E-state index contributed by atoms with van der Waals surface area (Å²) in [4.78, 5) is 16.5. The van der Waals surface area contributed by atoms with E-state index in [0.29, 0.717) is 37.5 Å². The van der Waals surface area contributed by atoms with Gasteiger partial charge in [0.05, 0.1) is 18.2 Å². The predicted octanol–water partition coefficient (Wildman–Crippen LogP) is 2.84. The van der Waals surface area contributed by atoms with Crippen LogP contribution in [0.2, 0.25) is 0 Å². The van der Waals surface area contributed by atoms with Crippen molar-refractivity contribution in [3.05, 3.63) is 40.1 Å². The third-order valence-corrected chi connectivity index (χ3v) is 7.08. The number of sulfonamides is 1. The molecule has 1 fully saturated rings. The van der Waals surface area contributed by atoms with E-state index in [4.69, 9.17) is 4.74 Å². The van der Waals surface area contributed by atoms with Crippen LogP contribution in [0.15, 0.2) is 30.3 Å². The van der Waals surface area contributed by atoms with E-state index < -0.39 is 10.0 Å². The molecule has 1 amide bonds. The SMILES string of the molecule is COc1ccc(-c2cc(C(=O)N3CCCN(S(C)(=O)=O)CC3)sc2C)cc1. The highest BCUT2D eigenvalue weighted by Gasteiger charge is 2.25. The van der Waals surface area contributed by atoms with Gasteiger partial charge in [0.2, 0.25) is 10.0 Å². The number of ether oxygens (including phenoxy) is 1. The number of hydrogen-bond donors (Lipinski definition) is 0. The lowest BCUT2D eigenvalue weighted by Crippen LogP contribution is -2.36. The number of nitrogens with zero attached hydrogens (tertiary/aromatic N) is 2. The molecule has 0 N–H and O–H groups in total. The normalized spacial score (nSPS) is 16.2. The Balaban J connectivity index is 1.77. The summed E-state index contributed by atoms with van der Waals surface area (Å²) in [5, 5.41) is 0. The summed E-state index contributed by atoms with van der Waals surface area (Å²) in [5.74, 6) is 0.765. The zero-order valence-corrected chi connectivity index (χ0v) is 17.4. The Kier molecular flexibility index (Phi) is 5.88. The molecule has 1 aliphatic heterocycles. The third kappa shape index (κ3) is 4.51. The van der Waals surface area contributed by atoms with Crippen molar-refractivity contribution < 1.29 is 17.9 Å². The minimum atomic E-state index is -3.22. The molecular weight excluding hydrogens is 384 g/mol. The molecule has 2 aromatic rings. The van der Waals surface area contributed by atoms with E-state index >= 15 is 0 Å². The molecule has 8 heteroatoms. The minimum Gasteiger partial charge on any atom is -0.497 e. The van der Waals surface area contributed by atoms with Crippen molar-refractivity contribution in [1.29, 1.82) is 0 Å². The molecule has 146 valence electrons. The maximum absolute atomic E-state index is 13.0. The first-order valence-electron chi connectivity index (χ1n) is 8.79. The molecule has 3 rings (SSSR count). The molecule has 0 atom stereocenters. The van der Waals surface area contributed by atoms with Crippen LogP contribution in [-0.2, 0) is 10.0 Å². The van der Waals surface area contributed by atoms with E-state index in [-0.39, 0.29) is 5.91 Å². The summed E-state index contributed by atoms with van der Waals surface area (Å²) in [6, 6.07) is 9.71. The van der Waals surface area contributed by atoms with E-state index in [0.717, 1.165) is 21.8 Å². The average molecular weight is 409 g/mol. The Bertz CT molecular complexity index is 920. The van der Waals surface area contributed by atoms with Crippen LogP contribution in [0.1, 0.15) is 21.0 Å². The van der Waals surface area contributed by atoms with Crippen LogP contribution < -0.4 is 4.74 Å². The van der Waals surface area contributed by atoms with Gasteiger partial charge in [0, 0.05) is 31.1 Å². The van der Waals surface area contributed by atoms with Gasteiger partial charge in [-0.3, -0.25) is 4.79 Å². The van der Waals surface area contributed by atoms with Crippen molar-refractivity contribution in [3.8, 4) is 16.9 Å². The van der Waals surface area contributed by atoms with Crippen molar-refractivity contribution in [1.82, 2.24) is 9.21 Å². The third-order valence-electron chi connectivity index (χ3n) is 4.74. The van der Waals surface area contributed by atoms with E-state index in [1.807, 2.05) is 37.3 Å². The monoisotopic (exact) mass is 408 g/mol. The van der Waals surface area contributed by atoms with Gasteiger partial charge < -0.3 is 9.64 Å². The smallest absolute Gasteiger partial charge is 0.263 e. The molecule has 0 radical (unpaired) electrons. The molecule has 1 aliphatic rings. The molecular formula is C19H24N2O4S2. The van der Waals surface area contributed by atoms with E-state index in [1.165, 1.54) is 21.9 Å². The molecule has 6 nitrogen and oxygen atoms in total. The van der Waals surface area contributed by atoms with Crippen LogP contribution in [0.3, 0.4) is 0 Å². The lowest BCUT2D eigenvalue weighted by atomic mass is 10.1. The van der Waals surface area contributed by atoms with Crippen LogP contribution in [-0.4, -0.2) is 63.1 Å². The number of amides is 1. The van der Waals surface area contributed by atoms with Gasteiger partial charge in [-0.15, -0.1) is 11.3 Å². The summed E-state index contributed by atoms with van der Waals surface area (Å²) >= 11 is 1.48. The van der Waals surface area contributed by atoms with Gasteiger partial charge in [0.1, 0.15) is 5.75 Å². The molecule has 1 saturated heterocycles.